The molecular weight excluding hydrogens is 310 g/mol. The SMILES string of the molecule is CN1CCCC(N2CC(c3ccccc3)(c3ccccc3)NC2=O)C1. The molecular formula is C21H25N3O. The van der Waals surface area contributed by atoms with E-state index in [0.717, 1.165) is 37.1 Å². The highest BCUT2D eigenvalue weighted by atomic mass is 16.2. The van der Waals surface area contributed by atoms with Crippen LogP contribution < -0.4 is 5.32 Å². The van der Waals surface area contributed by atoms with Crippen LogP contribution in [-0.2, 0) is 5.54 Å². The van der Waals surface area contributed by atoms with Gasteiger partial charge in [0.15, 0.2) is 0 Å². The summed E-state index contributed by atoms with van der Waals surface area (Å²) in [7, 11) is 2.14. The summed E-state index contributed by atoms with van der Waals surface area (Å²) in [5.41, 5.74) is 1.80. The highest BCUT2D eigenvalue weighted by molar-refractivity contribution is 5.80. The number of amides is 2. The molecule has 1 unspecified atom stereocenters. The number of carbonyl (C=O) groups is 1. The van der Waals surface area contributed by atoms with Gasteiger partial charge in [0.2, 0.25) is 0 Å². The molecule has 0 aromatic heterocycles. The molecule has 0 aliphatic carbocycles. The number of rotatable bonds is 3. The lowest BCUT2D eigenvalue weighted by Crippen LogP contribution is -2.48. The number of benzene rings is 2. The molecule has 2 saturated heterocycles. The van der Waals surface area contributed by atoms with Crippen molar-refractivity contribution in [2.75, 3.05) is 26.7 Å². The van der Waals surface area contributed by atoms with Gasteiger partial charge in [-0.2, -0.15) is 0 Å². The molecule has 0 spiro atoms. The lowest BCUT2D eigenvalue weighted by molar-refractivity contribution is 0.139. The maximum atomic E-state index is 12.9. The first-order valence-corrected chi connectivity index (χ1v) is 9.07. The molecule has 2 amide bonds. The van der Waals surface area contributed by atoms with Gasteiger partial charge in [0.05, 0.1) is 6.54 Å². The Hall–Kier alpha value is -2.33. The first kappa shape index (κ1) is 16.2. The highest BCUT2D eigenvalue weighted by Crippen LogP contribution is 2.36. The summed E-state index contributed by atoms with van der Waals surface area (Å²) in [6.07, 6.45) is 2.23. The third kappa shape index (κ3) is 2.91. The van der Waals surface area contributed by atoms with E-state index in [1.54, 1.807) is 0 Å². The van der Waals surface area contributed by atoms with Crippen molar-refractivity contribution in [2.45, 2.75) is 24.4 Å². The molecule has 25 heavy (non-hydrogen) atoms. The van der Waals surface area contributed by atoms with Crippen molar-refractivity contribution in [2.24, 2.45) is 0 Å². The maximum absolute atomic E-state index is 12.9. The van der Waals surface area contributed by atoms with Crippen LogP contribution in [-0.4, -0.2) is 48.6 Å². The van der Waals surface area contributed by atoms with E-state index in [-0.39, 0.29) is 12.1 Å². The molecule has 2 fully saturated rings. The van der Waals surface area contributed by atoms with Crippen LogP contribution >= 0.6 is 0 Å². The molecule has 1 atom stereocenters. The molecule has 4 rings (SSSR count). The summed E-state index contributed by atoms with van der Waals surface area (Å²) in [5.74, 6) is 0. The normalized spacial score (nSPS) is 23.5. The molecule has 4 heteroatoms. The Morgan fingerprint density at radius 1 is 1.00 bits per heavy atom. The summed E-state index contributed by atoms with van der Waals surface area (Å²) >= 11 is 0. The number of hydrogen-bond donors (Lipinski definition) is 1. The van der Waals surface area contributed by atoms with Crippen LogP contribution in [0.1, 0.15) is 24.0 Å². The van der Waals surface area contributed by atoms with E-state index in [4.69, 9.17) is 0 Å². The van der Waals surface area contributed by atoms with Crippen LogP contribution in [0.2, 0.25) is 0 Å². The van der Waals surface area contributed by atoms with E-state index < -0.39 is 5.54 Å². The van der Waals surface area contributed by atoms with E-state index in [0.29, 0.717) is 6.54 Å². The maximum Gasteiger partial charge on any atom is 0.318 e. The second kappa shape index (κ2) is 6.52. The van der Waals surface area contributed by atoms with Crippen LogP contribution in [0, 0.1) is 0 Å². The second-order valence-electron chi connectivity index (χ2n) is 7.25. The van der Waals surface area contributed by atoms with Crippen molar-refractivity contribution >= 4 is 6.03 Å². The molecule has 4 nitrogen and oxygen atoms in total. The van der Waals surface area contributed by atoms with Gasteiger partial charge in [-0.1, -0.05) is 60.7 Å². The number of hydrogen-bond acceptors (Lipinski definition) is 2. The fourth-order valence-electron chi connectivity index (χ4n) is 4.25. The predicted octanol–water partition coefficient (Wildman–Crippen LogP) is 3.05. The first-order chi connectivity index (χ1) is 12.2. The lowest BCUT2D eigenvalue weighted by Gasteiger charge is -2.36. The quantitative estimate of drug-likeness (QED) is 0.936. The summed E-state index contributed by atoms with van der Waals surface area (Å²) < 4.78 is 0. The number of nitrogens with zero attached hydrogens (tertiary/aromatic N) is 2. The lowest BCUT2D eigenvalue weighted by atomic mass is 9.83. The number of nitrogens with one attached hydrogen (secondary N) is 1. The van der Waals surface area contributed by atoms with Crippen LogP contribution in [0.3, 0.4) is 0 Å². The fraction of sp³-hybridized carbons (Fsp3) is 0.381. The summed E-state index contributed by atoms with van der Waals surface area (Å²) in [4.78, 5) is 17.3. The number of urea groups is 1. The van der Waals surface area contributed by atoms with E-state index in [1.165, 1.54) is 0 Å². The number of likely N-dealkylation sites (tertiary alicyclic amines) is 1. The molecule has 2 aromatic carbocycles. The van der Waals surface area contributed by atoms with Gasteiger partial charge in [-0.15, -0.1) is 0 Å². The molecule has 2 aromatic rings. The largest absolute Gasteiger partial charge is 0.323 e. The minimum Gasteiger partial charge on any atom is -0.323 e. The third-order valence-corrected chi connectivity index (χ3v) is 5.56. The van der Waals surface area contributed by atoms with Crippen molar-refractivity contribution in [3.63, 3.8) is 0 Å². The molecule has 2 aliphatic rings. The smallest absolute Gasteiger partial charge is 0.318 e. The zero-order valence-corrected chi connectivity index (χ0v) is 14.7. The van der Waals surface area contributed by atoms with Crippen molar-refractivity contribution in [3.8, 4) is 0 Å². The molecule has 1 N–H and O–H groups in total. The Kier molecular flexibility index (Phi) is 4.22. The van der Waals surface area contributed by atoms with Gasteiger partial charge in [-0.05, 0) is 37.6 Å². The molecule has 0 saturated carbocycles. The monoisotopic (exact) mass is 335 g/mol. The Labute approximate surface area is 149 Å². The van der Waals surface area contributed by atoms with Crippen molar-refractivity contribution in [1.29, 1.82) is 0 Å². The van der Waals surface area contributed by atoms with E-state index in [1.807, 2.05) is 36.4 Å². The molecule has 2 aliphatic heterocycles. The zero-order valence-electron chi connectivity index (χ0n) is 14.7. The number of piperidine rings is 1. The zero-order chi connectivity index (χ0) is 17.3. The molecule has 130 valence electrons. The van der Waals surface area contributed by atoms with Crippen molar-refractivity contribution in [3.05, 3.63) is 71.8 Å². The standard InChI is InChI=1S/C21H25N3O/c1-23-14-8-13-19(15-23)24-16-21(22-20(24)25,17-9-4-2-5-10-17)18-11-6-3-7-12-18/h2-7,9-12,19H,8,13-16H2,1H3,(H,22,25). The van der Waals surface area contributed by atoms with Crippen molar-refractivity contribution in [1.82, 2.24) is 15.1 Å². The highest BCUT2D eigenvalue weighted by Gasteiger charge is 2.47. The van der Waals surface area contributed by atoms with Gasteiger partial charge >= 0.3 is 6.03 Å². The van der Waals surface area contributed by atoms with Gasteiger partial charge < -0.3 is 15.1 Å². The third-order valence-electron chi connectivity index (χ3n) is 5.56. The first-order valence-electron chi connectivity index (χ1n) is 9.07. The Morgan fingerprint density at radius 2 is 1.60 bits per heavy atom. The van der Waals surface area contributed by atoms with Crippen LogP contribution in [0.4, 0.5) is 4.79 Å². The minimum absolute atomic E-state index is 0.0491. The van der Waals surface area contributed by atoms with E-state index in [2.05, 4.69) is 46.4 Å². The van der Waals surface area contributed by atoms with Gasteiger partial charge in [0.25, 0.3) is 0 Å². The minimum atomic E-state index is -0.477. The summed E-state index contributed by atoms with van der Waals surface area (Å²) in [6.45, 7) is 2.75. The molecule has 0 bridgehead atoms. The molecule has 2 heterocycles. The number of carbonyl (C=O) groups excluding carboxylic acids is 1. The van der Waals surface area contributed by atoms with Crippen LogP contribution in [0.5, 0.6) is 0 Å². The van der Waals surface area contributed by atoms with Crippen molar-refractivity contribution < 1.29 is 4.79 Å². The topological polar surface area (TPSA) is 35.6 Å². The second-order valence-corrected chi connectivity index (χ2v) is 7.25. The Balaban J connectivity index is 1.72. The van der Waals surface area contributed by atoms with Gasteiger partial charge in [0, 0.05) is 12.6 Å². The summed E-state index contributed by atoms with van der Waals surface area (Å²) in [6, 6.07) is 21.0. The van der Waals surface area contributed by atoms with Crippen LogP contribution in [0.25, 0.3) is 0 Å². The van der Waals surface area contributed by atoms with Crippen LogP contribution in [0.15, 0.2) is 60.7 Å². The predicted molar refractivity (Wildman–Crippen MR) is 99.4 cm³/mol. The average Bonchev–Trinajstić information content (AvgIpc) is 3.02. The van der Waals surface area contributed by atoms with Gasteiger partial charge in [-0.3, -0.25) is 0 Å². The van der Waals surface area contributed by atoms with Gasteiger partial charge in [-0.25, -0.2) is 4.79 Å². The van der Waals surface area contributed by atoms with E-state index in [9.17, 15) is 4.79 Å². The Bertz CT molecular complexity index is 692. The fourth-order valence-corrected chi connectivity index (χ4v) is 4.25. The molecule has 0 radical (unpaired) electrons. The van der Waals surface area contributed by atoms with E-state index >= 15 is 0 Å². The summed E-state index contributed by atoms with van der Waals surface area (Å²) in [5, 5.41) is 3.33. The van der Waals surface area contributed by atoms with Gasteiger partial charge in [0.1, 0.15) is 5.54 Å². The average molecular weight is 335 g/mol. The number of likely N-dealkylation sites (N-methyl/N-ethyl adjacent to an activating group) is 1. The Morgan fingerprint density at radius 3 is 2.16 bits per heavy atom.